The van der Waals surface area contributed by atoms with E-state index in [1.54, 1.807) is 44.2 Å². The Kier molecular flexibility index (Phi) is 8.68. The van der Waals surface area contributed by atoms with Crippen molar-refractivity contribution in [3.63, 3.8) is 0 Å². The van der Waals surface area contributed by atoms with Crippen molar-refractivity contribution >= 4 is 67.4 Å². The number of halogens is 2. The molecular weight excluding hydrogens is 588 g/mol. The Morgan fingerprint density at radius 1 is 1.03 bits per heavy atom. The fourth-order valence-corrected chi connectivity index (χ4v) is 4.06. The Hall–Kier alpha value is -3.18. The normalized spacial score (nSPS) is 14.7. The summed E-state index contributed by atoms with van der Waals surface area (Å²) < 4.78 is 17.3. The minimum Gasteiger partial charge on any atom is -0.490 e. The maximum atomic E-state index is 13.2. The van der Waals surface area contributed by atoms with Gasteiger partial charge < -0.3 is 14.2 Å². The number of imide groups is 2. The maximum Gasteiger partial charge on any atom is 0.344 e. The first-order chi connectivity index (χ1) is 16.7. The number of urea groups is 1. The predicted molar refractivity (Wildman–Crippen MR) is 135 cm³/mol. The number of nitrogens with zero attached hydrogens (tertiary/aromatic N) is 1. The Morgan fingerprint density at radius 3 is 2.43 bits per heavy atom. The number of hydrogen-bond donors (Lipinski definition) is 1. The molecule has 0 bridgehead atoms. The third-order valence-corrected chi connectivity index (χ3v) is 6.26. The predicted octanol–water partition coefficient (Wildman–Crippen LogP) is 4.53. The monoisotopic (exact) mass is 608 g/mol. The van der Waals surface area contributed by atoms with E-state index in [1.165, 1.54) is 6.08 Å². The van der Waals surface area contributed by atoms with Crippen LogP contribution in [0, 0.1) is 6.92 Å². The molecule has 184 valence electrons. The summed E-state index contributed by atoms with van der Waals surface area (Å²) in [7, 11) is 0. The molecule has 1 heterocycles. The molecule has 1 N–H and O–H groups in total. The third-order valence-electron chi connectivity index (χ3n) is 4.78. The van der Waals surface area contributed by atoms with E-state index < -0.39 is 23.8 Å². The molecule has 0 saturated carbocycles. The first-order valence-electron chi connectivity index (χ1n) is 10.6. The van der Waals surface area contributed by atoms with Gasteiger partial charge in [-0.05, 0) is 84.2 Å². The third kappa shape index (κ3) is 6.09. The van der Waals surface area contributed by atoms with Crippen LogP contribution in [0.5, 0.6) is 11.5 Å². The van der Waals surface area contributed by atoms with Crippen LogP contribution in [-0.2, 0) is 19.1 Å². The van der Waals surface area contributed by atoms with Crippen LogP contribution in [0.1, 0.15) is 25.0 Å². The van der Waals surface area contributed by atoms with Crippen molar-refractivity contribution in [2.75, 3.05) is 24.7 Å². The Morgan fingerprint density at radius 2 is 1.77 bits per heavy atom. The second kappa shape index (κ2) is 11.5. The molecule has 1 saturated heterocycles. The van der Waals surface area contributed by atoms with Gasteiger partial charge in [-0.1, -0.05) is 15.9 Å². The van der Waals surface area contributed by atoms with E-state index >= 15 is 0 Å². The van der Waals surface area contributed by atoms with Crippen molar-refractivity contribution in [2.24, 2.45) is 0 Å². The van der Waals surface area contributed by atoms with Gasteiger partial charge in [-0.15, -0.1) is 0 Å². The second-order valence-electron chi connectivity index (χ2n) is 7.25. The van der Waals surface area contributed by atoms with Crippen LogP contribution >= 0.6 is 31.9 Å². The molecule has 0 atom stereocenters. The van der Waals surface area contributed by atoms with E-state index in [2.05, 4.69) is 37.2 Å². The number of rotatable bonds is 8. The molecule has 1 aliphatic heterocycles. The summed E-state index contributed by atoms with van der Waals surface area (Å²) in [6.45, 7) is 5.49. The lowest BCUT2D eigenvalue weighted by molar-refractivity contribution is -0.145. The molecular formula is C24H22Br2N2O7. The molecule has 2 aromatic carbocycles. The minimum atomic E-state index is -0.835. The number of benzene rings is 2. The van der Waals surface area contributed by atoms with E-state index in [1.807, 2.05) is 6.92 Å². The summed E-state index contributed by atoms with van der Waals surface area (Å²) in [5.74, 6) is -1.56. The van der Waals surface area contributed by atoms with Crippen LogP contribution in [0.3, 0.4) is 0 Å². The number of carbonyl (C=O) groups excluding carboxylic acids is 4. The number of hydrogen-bond acceptors (Lipinski definition) is 7. The number of aryl methyl sites for hydroxylation is 1. The summed E-state index contributed by atoms with van der Waals surface area (Å²) in [6.07, 6.45) is 1.35. The quantitative estimate of drug-likeness (QED) is 0.266. The molecule has 0 radical (unpaired) electrons. The first kappa shape index (κ1) is 26.4. The highest BCUT2D eigenvalue weighted by Crippen LogP contribution is 2.38. The summed E-state index contributed by atoms with van der Waals surface area (Å²) in [6, 6.07) is 7.30. The van der Waals surface area contributed by atoms with Gasteiger partial charge in [0.2, 0.25) is 0 Å². The largest absolute Gasteiger partial charge is 0.490 e. The van der Waals surface area contributed by atoms with E-state index in [-0.39, 0.29) is 30.3 Å². The molecule has 2 aromatic rings. The number of nitrogens with one attached hydrogen (secondary N) is 1. The average Bonchev–Trinajstić information content (AvgIpc) is 2.78. The number of amides is 4. The van der Waals surface area contributed by atoms with Crippen molar-refractivity contribution in [2.45, 2.75) is 20.8 Å². The molecule has 9 nitrogen and oxygen atoms in total. The zero-order chi connectivity index (χ0) is 25.7. The number of carbonyl (C=O) groups is 4. The van der Waals surface area contributed by atoms with Gasteiger partial charge in [-0.3, -0.25) is 14.9 Å². The molecule has 35 heavy (non-hydrogen) atoms. The lowest BCUT2D eigenvalue weighted by Crippen LogP contribution is -2.54. The molecule has 3 rings (SSSR count). The zero-order valence-corrected chi connectivity index (χ0v) is 22.3. The highest BCUT2D eigenvalue weighted by molar-refractivity contribution is 9.10. The van der Waals surface area contributed by atoms with Crippen molar-refractivity contribution < 1.29 is 33.4 Å². The summed E-state index contributed by atoms with van der Waals surface area (Å²) >= 11 is 6.77. The van der Waals surface area contributed by atoms with Crippen molar-refractivity contribution in [1.29, 1.82) is 0 Å². The molecule has 0 aliphatic carbocycles. The lowest BCUT2D eigenvalue weighted by atomic mass is 10.1. The van der Waals surface area contributed by atoms with Gasteiger partial charge >= 0.3 is 12.0 Å². The molecule has 1 aliphatic rings. The molecule has 4 amide bonds. The number of anilines is 1. The van der Waals surface area contributed by atoms with Crippen LogP contribution in [0.2, 0.25) is 0 Å². The van der Waals surface area contributed by atoms with Crippen LogP contribution in [0.4, 0.5) is 10.5 Å². The summed E-state index contributed by atoms with van der Waals surface area (Å²) in [5.41, 5.74) is 1.34. The standard InChI is InChI=1S/C24H22Br2N2O7/c1-4-33-19-11-14(10-18(26)21(19)35-12-20(29)34-5-2)9-16-22(30)27-24(32)28(23(16)31)15-6-7-17(25)13(3)8-15/h6-11H,4-5,12H2,1-3H3,(H,27,30,32)/b16-9+. The van der Waals surface area contributed by atoms with Gasteiger partial charge in [-0.2, -0.15) is 0 Å². The smallest absolute Gasteiger partial charge is 0.344 e. The first-order valence-corrected chi connectivity index (χ1v) is 12.2. The number of esters is 1. The lowest BCUT2D eigenvalue weighted by Gasteiger charge is -2.26. The Labute approximate surface area is 218 Å². The van der Waals surface area contributed by atoms with E-state index in [4.69, 9.17) is 14.2 Å². The summed E-state index contributed by atoms with van der Waals surface area (Å²) in [5, 5.41) is 2.20. The van der Waals surface area contributed by atoms with Gasteiger partial charge in [0.05, 0.1) is 23.4 Å². The SMILES string of the molecule is CCOC(=O)COc1c(Br)cc(/C=C2\C(=O)NC(=O)N(c3ccc(Br)c(C)c3)C2=O)cc1OCC. The molecule has 11 heteroatoms. The number of ether oxygens (including phenoxy) is 3. The van der Waals surface area contributed by atoms with Crippen molar-refractivity contribution in [3.05, 3.63) is 56.0 Å². The van der Waals surface area contributed by atoms with E-state index in [0.717, 1.165) is 14.9 Å². The van der Waals surface area contributed by atoms with Crippen LogP contribution < -0.4 is 19.7 Å². The summed E-state index contributed by atoms with van der Waals surface area (Å²) in [4.78, 5) is 50.8. The Balaban J connectivity index is 1.97. The molecule has 0 spiro atoms. The van der Waals surface area contributed by atoms with Gasteiger partial charge in [0.25, 0.3) is 11.8 Å². The van der Waals surface area contributed by atoms with Crippen LogP contribution in [-0.4, -0.2) is 43.6 Å². The second-order valence-corrected chi connectivity index (χ2v) is 8.96. The van der Waals surface area contributed by atoms with Gasteiger partial charge in [0.1, 0.15) is 5.57 Å². The Bertz CT molecular complexity index is 1230. The van der Waals surface area contributed by atoms with Gasteiger partial charge in [0.15, 0.2) is 18.1 Å². The highest BCUT2D eigenvalue weighted by Gasteiger charge is 2.37. The van der Waals surface area contributed by atoms with Crippen LogP contribution in [0.25, 0.3) is 6.08 Å². The van der Waals surface area contributed by atoms with E-state index in [9.17, 15) is 19.2 Å². The van der Waals surface area contributed by atoms with Crippen molar-refractivity contribution in [1.82, 2.24) is 5.32 Å². The topological polar surface area (TPSA) is 111 Å². The fraction of sp³-hybridized carbons (Fsp3) is 0.250. The fourth-order valence-electron chi connectivity index (χ4n) is 3.23. The number of barbiturate groups is 1. The van der Waals surface area contributed by atoms with Crippen molar-refractivity contribution in [3.8, 4) is 11.5 Å². The molecule has 0 aromatic heterocycles. The zero-order valence-electron chi connectivity index (χ0n) is 19.1. The molecule has 0 unspecified atom stereocenters. The highest BCUT2D eigenvalue weighted by atomic mass is 79.9. The van der Waals surface area contributed by atoms with Crippen LogP contribution in [0.15, 0.2) is 44.9 Å². The van der Waals surface area contributed by atoms with E-state index in [0.29, 0.717) is 22.3 Å². The van der Waals surface area contributed by atoms with Gasteiger partial charge in [-0.25, -0.2) is 14.5 Å². The molecule has 1 fully saturated rings. The average molecular weight is 610 g/mol. The minimum absolute atomic E-state index is 0.226. The maximum absolute atomic E-state index is 13.2. The van der Waals surface area contributed by atoms with Gasteiger partial charge in [0, 0.05) is 4.47 Å².